The summed E-state index contributed by atoms with van der Waals surface area (Å²) in [5, 5.41) is 0. The van der Waals surface area contributed by atoms with E-state index in [1.807, 2.05) is 26.0 Å². The lowest BCUT2D eigenvalue weighted by Crippen LogP contribution is -2.30. The predicted molar refractivity (Wildman–Crippen MR) is 102 cm³/mol. The lowest BCUT2D eigenvalue weighted by molar-refractivity contribution is 0.0664. The van der Waals surface area contributed by atoms with Gasteiger partial charge < -0.3 is 0 Å². The Hall–Kier alpha value is -1.50. The number of rotatable bonds is 7. The van der Waals surface area contributed by atoms with Crippen molar-refractivity contribution in [3.05, 3.63) is 70.2 Å². The summed E-state index contributed by atoms with van der Waals surface area (Å²) in [5.74, 6) is -0.901. The van der Waals surface area contributed by atoms with Crippen LogP contribution in [0.5, 0.6) is 0 Å². The molecular formula is C19H21BrO4S. The van der Waals surface area contributed by atoms with Gasteiger partial charge in [-0.1, -0.05) is 78.3 Å². The molecule has 0 bridgehead atoms. The van der Waals surface area contributed by atoms with Crippen LogP contribution in [0, 0.1) is 11.8 Å². The number of hydrogen-bond acceptors (Lipinski definition) is 4. The molecule has 0 heterocycles. The van der Waals surface area contributed by atoms with Gasteiger partial charge in [0.1, 0.15) is 6.10 Å². The molecule has 0 aliphatic heterocycles. The molecule has 0 aromatic heterocycles. The Bertz CT molecular complexity index is 832. The van der Waals surface area contributed by atoms with Crippen molar-refractivity contribution < 1.29 is 17.4 Å². The molecule has 134 valence electrons. The maximum absolute atomic E-state index is 13.1. The van der Waals surface area contributed by atoms with Gasteiger partial charge in [-0.2, -0.15) is 8.42 Å². The molecule has 2 atom stereocenters. The van der Waals surface area contributed by atoms with Crippen molar-refractivity contribution in [1.29, 1.82) is 0 Å². The summed E-state index contributed by atoms with van der Waals surface area (Å²) in [4.78, 5) is 13.1. The van der Waals surface area contributed by atoms with Crippen molar-refractivity contribution in [1.82, 2.24) is 0 Å². The van der Waals surface area contributed by atoms with Gasteiger partial charge in [-0.25, -0.2) is 0 Å². The summed E-state index contributed by atoms with van der Waals surface area (Å²) in [6.07, 6.45) is 0.0968. The Labute approximate surface area is 157 Å². The lowest BCUT2D eigenvalue weighted by atomic mass is 9.81. The van der Waals surface area contributed by atoms with Crippen LogP contribution in [0.3, 0.4) is 0 Å². The third kappa shape index (κ3) is 5.23. The average Bonchev–Trinajstić information content (AvgIpc) is 2.54. The van der Waals surface area contributed by atoms with Crippen molar-refractivity contribution >= 4 is 31.8 Å². The largest absolute Gasteiger partial charge is 0.294 e. The fraction of sp³-hybridized carbons (Fsp3) is 0.316. The van der Waals surface area contributed by atoms with Gasteiger partial charge in [0.15, 0.2) is 5.78 Å². The topological polar surface area (TPSA) is 60.4 Å². The van der Waals surface area contributed by atoms with Crippen LogP contribution in [0.1, 0.15) is 35.9 Å². The standard InChI is InChI=1S/C19H21BrO4S/c1-13(2)17(18(21)14-9-5-4-6-10-14)19(24-25(3,22)23)15-11-7-8-12-16(15)20/h4-13,17,19H,1-3H3. The summed E-state index contributed by atoms with van der Waals surface area (Å²) in [6, 6.07) is 16.1. The molecule has 2 rings (SSSR count). The molecule has 25 heavy (non-hydrogen) atoms. The van der Waals surface area contributed by atoms with E-state index in [1.165, 1.54) is 0 Å². The van der Waals surface area contributed by atoms with Gasteiger partial charge in [0.2, 0.25) is 0 Å². The zero-order valence-corrected chi connectivity index (χ0v) is 16.7. The second-order valence-corrected chi connectivity index (χ2v) is 8.70. The fourth-order valence-corrected chi connectivity index (χ4v) is 3.89. The van der Waals surface area contributed by atoms with Gasteiger partial charge in [-0.15, -0.1) is 0 Å². The molecule has 4 nitrogen and oxygen atoms in total. The highest BCUT2D eigenvalue weighted by molar-refractivity contribution is 9.10. The van der Waals surface area contributed by atoms with Gasteiger partial charge in [0, 0.05) is 10.0 Å². The molecule has 6 heteroatoms. The minimum atomic E-state index is -3.76. The highest BCUT2D eigenvalue weighted by atomic mass is 79.9. The number of ketones is 1. The molecule has 0 amide bonds. The van der Waals surface area contributed by atoms with Crippen molar-refractivity contribution in [2.45, 2.75) is 20.0 Å². The smallest absolute Gasteiger partial charge is 0.265 e. The second-order valence-electron chi connectivity index (χ2n) is 6.24. The number of Topliss-reactive ketones (excluding diaryl/α,β-unsaturated/α-hetero) is 1. The monoisotopic (exact) mass is 424 g/mol. The van der Waals surface area contributed by atoms with Crippen LogP contribution in [-0.4, -0.2) is 20.5 Å². The first-order chi connectivity index (χ1) is 11.7. The van der Waals surface area contributed by atoms with Gasteiger partial charge >= 0.3 is 0 Å². The first-order valence-electron chi connectivity index (χ1n) is 7.92. The molecule has 2 aromatic rings. The van der Waals surface area contributed by atoms with E-state index < -0.39 is 22.1 Å². The van der Waals surface area contributed by atoms with E-state index in [1.54, 1.807) is 42.5 Å². The van der Waals surface area contributed by atoms with Crippen LogP contribution in [-0.2, 0) is 14.3 Å². The van der Waals surface area contributed by atoms with Crippen LogP contribution < -0.4 is 0 Å². The Morgan fingerprint density at radius 2 is 1.56 bits per heavy atom. The zero-order valence-electron chi connectivity index (χ0n) is 14.3. The zero-order chi connectivity index (χ0) is 18.6. The normalized spacial score (nSPS) is 14.3. The molecule has 0 aliphatic carbocycles. The summed E-state index contributed by atoms with van der Waals surface area (Å²) >= 11 is 3.44. The van der Waals surface area contributed by atoms with E-state index in [4.69, 9.17) is 4.18 Å². The Morgan fingerprint density at radius 3 is 2.08 bits per heavy atom. The first-order valence-corrected chi connectivity index (χ1v) is 10.5. The van der Waals surface area contributed by atoms with E-state index >= 15 is 0 Å². The quantitative estimate of drug-likeness (QED) is 0.480. The van der Waals surface area contributed by atoms with E-state index in [0.29, 0.717) is 15.6 Å². The number of carbonyl (C=O) groups is 1. The van der Waals surface area contributed by atoms with Crippen LogP contribution in [0.25, 0.3) is 0 Å². The molecular weight excluding hydrogens is 404 g/mol. The molecule has 2 aromatic carbocycles. The first kappa shape index (κ1) is 19.8. The lowest BCUT2D eigenvalue weighted by Gasteiger charge is -2.29. The second kappa shape index (κ2) is 8.25. The number of carbonyl (C=O) groups excluding carboxylic acids is 1. The molecule has 2 unspecified atom stereocenters. The van der Waals surface area contributed by atoms with Crippen molar-refractivity contribution in [3.63, 3.8) is 0 Å². The number of benzene rings is 2. The van der Waals surface area contributed by atoms with Gasteiger partial charge in [0.05, 0.1) is 12.2 Å². The van der Waals surface area contributed by atoms with Gasteiger partial charge in [-0.05, 0) is 17.5 Å². The maximum atomic E-state index is 13.1. The van der Waals surface area contributed by atoms with E-state index in [2.05, 4.69) is 15.9 Å². The average molecular weight is 425 g/mol. The SMILES string of the molecule is CC(C)C(C(=O)c1ccccc1)C(OS(C)(=O)=O)c1ccccc1Br. The molecule has 0 spiro atoms. The highest BCUT2D eigenvalue weighted by Gasteiger charge is 2.36. The predicted octanol–water partition coefficient (Wildman–Crippen LogP) is 4.62. The van der Waals surface area contributed by atoms with Crippen LogP contribution >= 0.6 is 15.9 Å². The number of hydrogen-bond donors (Lipinski definition) is 0. The summed E-state index contributed by atoms with van der Waals surface area (Å²) < 4.78 is 29.8. The molecule has 0 saturated carbocycles. The fourth-order valence-electron chi connectivity index (χ4n) is 2.78. The summed E-state index contributed by atoms with van der Waals surface area (Å²) in [6.45, 7) is 3.78. The third-order valence-corrected chi connectivity index (χ3v) is 5.17. The molecule has 0 fully saturated rings. The van der Waals surface area contributed by atoms with Gasteiger partial charge in [0.25, 0.3) is 10.1 Å². The highest BCUT2D eigenvalue weighted by Crippen LogP contribution is 2.38. The Balaban J connectivity index is 2.55. The van der Waals surface area contributed by atoms with Crippen LogP contribution in [0.15, 0.2) is 59.1 Å². The molecule has 0 saturated heterocycles. The molecule has 0 aliphatic rings. The Kier molecular flexibility index (Phi) is 6.54. The van der Waals surface area contributed by atoms with E-state index in [9.17, 15) is 13.2 Å². The van der Waals surface area contributed by atoms with E-state index in [0.717, 1.165) is 6.26 Å². The van der Waals surface area contributed by atoms with Crippen molar-refractivity contribution in [3.8, 4) is 0 Å². The van der Waals surface area contributed by atoms with E-state index in [-0.39, 0.29) is 11.7 Å². The molecule has 0 radical (unpaired) electrons. The van der Waals surface area contributed by atoms with Crippen LogP contribution in [0.2, 0.25) is 0 Å². The maximum Gasteiger partial charge on any atom is 0.265 e. The van der Waals surface area contributed by atoms with Crippen molar-refractivity contribution in [2.24, 2.45) is 11.8 Å². The molecule has 0 N–H and O–H groups in total. The number of halogens is 1. The minimum absolute atomic E-state index is 0.119. The summed E-state index contributed by atoms with van der Waals surface area (Å²) in [5.41, 5.74) is 1.17. The van der Waals surface area contributed by atoms with Crippen molar-refractivity contribution in [2.75, 3.05) is 6.26 Å². The van der Waals surface area contributed by atoms with Crippen LogP contribution in [0.4, 0.5) is 0 Å². The minimum Gasteiger partial charge on any atom is -0.294 e. The summed E-state index contributed by atoms with van der Waals surface area (Å²) in [7, 11) is -3.76. The van der Waals surface area contributed by atoms with Gasteiger partial charge in [-0.3, -0.25) is 8.98 Å². The Morgan fingerprint density at radius 1 is 1.00 bits per heavy atom. The third-order valence-electron chi connectivity index (χ3n) is 3.90.